The molecular formula is C27H24FN3O5. The highest BCUT2D eigenvalue weighted by molar-refractivity contribution is 6.54. The van der Waals surface area contributed by atoms with Gasteiger partial charge in [0.05, 0.1) is 18.8 Å². The van der Waals surface area contributed by atoms with Crippen LogP contribution in [-0.2, 0) is 29.2 Å². The third-order valence-electron chi connectivity index (χ3n) is 6.30. The van der Waals surface area contributed by atoms with Crippen molar-refractivity contribution in [3.05, 3.63) is 94.3 Å². The standard InChI is InChI=1S/C27H24FN3O5/c1-2-30(13-17-6-4-3-5-7-17)26(32)18-8-9-22-23(12-18)31(27(33)24(22)29-34)14-19-10-21(28)11-20-15-35-16-36-25(19)20/h3-12,34H,2,13-16H2,1H3/b29-24-. The zero-order chi connectivity index (χ0) is 25.2. The van der Waals surface area contributed by atoms with Crippen molar-refractivity contribution >= 4 is 23.2 Å². The van der Waals surface area contributed by atoms with E-state index >= 15 is 0 Å². The molecule has 0 saturated carbocycles. The minimum Gasteiger partial charge on any atom is -0.467 e. The summed E-state index contributed by atoms with van der Waals surface area (Å²) in [5.41, 5.74) is 3.02. The monoisotopic (exact) mass is 489 g/mol. The van der Waals surface area contributed by atoms with Crippen molar-refractivity contribution < 1.29 is 28.7 Å². The van der Waals surface area contributed by atoms with Gasteiger partial charge in [-0.15, -0.1) is 0 Å². The molecule has 0 aliphatic carbocycles. The van der Waals surface area contributed by atoms with Gasteiger partial charge in [0.15, 0.2) is 12.5 Å². The summed E-state index contributed by atoms with van der Waals surface area (Å²) in [6, 6.07) is 17.1. The third kappa shape index (κ3) is 4.29. The van der Waals surface area contributed by atoms with Crippen LogP contribution in [0.2, 0.25) is 0 Å². The lowest BCUT2D eigenvalue weighted by Crippen LogP contribution is -2.31. The summed E-state index contributed by atoms with van der Waals surface area (Å²) in [6.07, 6.45) is 0. The third-order valence-corrected chi connectivity index (χ3v) is 6.30. The quantitative estimate of drug-likeness (QED) is 0.416. The van der Waals surface area contributed by atoms with Crippen molar-refractivity contribution in [2.24, 2.45) is 5.16 Å². The molecule has 2 aliphatic rings. The van der Waals surface area contributed by atoms with Gasteiger partial charge in [0.1, 0.15) is 11.6 Å². The number of anilines is 1. The van der Waals surface area contributed by atoms with E-state index in [1.807, 2.05) is 37.3 Å². The zero-order valence-electron chi connectivity index (χ0n) is 19.6. The maximum atomic E-state index is 14.3. The van der Waals surface area contributed by atoms with Crippen LogP contribution in [0.3, 0.4) is 0 Å². The molecule has 0 saturated heterocycles. The Morgan fingerprint density at radius 3 is 2.72 bits per heavy atom. The van der Waals surface area contributed by atoms with E-state index in [0.29, 0.717) is 46.8 Å². The molecule has 36 heavy (non-hydrogen) atoms. The Bertz CT molecular complexity index is 1360. The van der Waals surface area contributed by atoms with Gasteiger partial charge in [-0.05, 0) is 42.8 Å². The maximum Gasteiger partial charge on any atom is 0.281 e. The van der Waals surface area contributed by atoms with E-state index in [1.165, 1.54) is 17.0 Å². The number of nitrogens with zero attached hydrogens (tertiary/aromatic N) is 3. The van der Waals surface area contributed by atoms with Gasteiger partial charge in [-0.25, -0.2) is 4.39 Å². The molecule has 2 heterocycles. The van der Waals surface area contributed by atoms with Crippen molar-refractivity contribution in [2.45, 2.75) is 26.6 Å². The number of carbonyl (C=O) groups is 2. The van der Waals surface area contributed by atoms with Gasteiger partial charge in [-0.1, -0.05) is 35.5 Å². The van der Waals surface area contributed by atoms with Gasteiger partial charge in [0, 0.05) is 35.3 Å². The average molecular weight is 490 g/mol. The number of benzene rings is 3. The van der Waals surface area contributed by atoms with Crippen LogP contribution in [0.15, 0.2) is 65.8 Å². The molecule has 3 aromatic rings. The minimum atomic E-state index is -0.557. The zero-order valence-corrected chi connectivity index (χ0v) is 19.6. The van der Waals surface area contributed by atoms with E-state index in [9.17, 15) is 19.2 Å². The topological polar surface area (TPSA) is 91.7 Å². The van der Waals surface area contributed by atoms with Crippen LogP contribution in [0.1, 0.15) is 39.5 Å². The highest BCUT2D eigenvalue weighted by Crippen LogP contribution is 2.36. The Labute approximate surface area is 207 Å². The number of oxime groups is 1. The molecular weight excluding hydrogens is 465 g/mol. The fraction of sp³-hybridized carbons (Fsp3) is 0.222. The Morgan fingerprint density at radius 2 is 1.97 bits per heavy atom. The molecule has 8 nitrogen and oxygen atoms in total. The summed E-state index contributed by atoms with van der Waals surface area (Å²) in [5.74, 6) is -0.781. The number of halogens is 1. The molecule has 2 amide bonds. The Morgan fingerprint density at radius 1 is 1.17 bits per heavy atom. The van der Waals surface area contributed by atoms with Gasteiger partial charge in [-0.2, -0.15) is 0 Å². The molecule has 184 valence electrons. The van der Waals surface area contributed by atoms with Crippen molar-refractivity contribution in [3.63, 3.8) is 0 Å². The van der Waals surface area contributed by atoms with Crippen LogP contribution in [-0.4, -0.2) is 41.0 Å². The van der Waals surface area contributed by atoms with Gasteiger partial charge < -0.3 is 24.5 Å². The first-order valence-electron chi connectivity index (χ1n) is 11.5. The highest BCUT2D eigenvalue weighted by Gasteiger charge is 2.36. The van der Waals surface area contributed by atoms with Crippen LogP contribution < -0.4 is 9.64 Å². The predicted octanol–water partition coefficient (Wildman–Crippen LogP) is 4.08. The van der Waals surface area contributed by atoms with E-state index in [0.717, 1.165) is 5.56 Å². The normalized spacial score (nSPS) is 15.4. The van der Waals surface area contributed by atoms with Crippen molar-refractivity contribution in [1.29, 1.82) is 0 Å². The molecule has 0 aromatic heterocycles. The van der Waals surface area contributed by atoms with Gasteiger partial charge in [0.25, 0.3) is 11.8 Å². The summed E-state index contributed by atoms with van der Waals surface area (Å²) in [4.78, 5) is 29.6. The molecule has 0 atom stereocenters. The molecule has 9 heteroatoms. The molecule has 0 unspecified atom stereocenters. The smallest absolute Gasteiger partial charge is 0.281 e. The SMILES string of the molecule is CCN(Cc1ccccc1)C(=O)c1ccc2c(c1)N(Cc1cc(F)cc3c1OCOC3)C(=O)/C2=N\O. The van der Waals surface area contributed by atoms with E-state index in [-0.39, 0.29) is 31.6 Å². The average Bonchev–Trinajstić information content (AvgIpc) is 3.17. The number of hydrogen-bond donors (Lipinski definition) is 1. The van der Waals surface area contributed by atoms with Gasteiger partial charge >= 0.3 is 0 Å². The van der Waals surface area contributed by atoms with Crippen LogP contribution >= 0.6 is 0 Å². The van der Waals surface area contributed by atoms with E-state index in [1.54, 1.807) is 23.1 Å². The molecule has 2 aliphatic heterocycles. The Balaban J connectivity index is 1.49. The Hall–Kier alpha value is -4.24. The number of amides is 2. The maximum absolute atomic E-state index is 14.3. The summed E-state index contributed by atoms with van der Waals surface area (Å²) < 4.78 is 25.1. The second-order valence-corrected chi connectivity index (χ2v) is 8.54. The van der Waals surface area contributed by atoms with Gasteiger partial charge in [0.2, 0.25) is 0 Å². The fourth-order valence-electron chi connectivity index (χ4n) is 4.55. The van der Waals surface area contributed by atoms with E-state index < -0.39 is 11.7 Å². The number of carbonyl (C=O) groups excluding carboxylic acids is 2. The summed E-state index contributed by atoms with van der Waals surface area (Å²) >= 11 is 0. The van der Waals surface area contributed by atoms with Crippen molar-refractivity contribution in [3.8, 4) is 5.75 Å². The molecule has 0 fully saturated rings. The van der Waals surface area contributed by atoms with Crippen LogP contribution in [0.5, 0.6) is 5.75 Å². The first-order chi connectivity index (χ1) is 17.5. The van der Waals surface area contributed by atoms with Crippen LogP contribution in [0, 0.1) is 5.82 Å². The van der Waals surface area contributed by atoms with Crippen molar-refractivity contribution in [1.82, 2.24) is 4.90 Å². The molecule has 3 aromatic carbocycles. The lowest BCUT2D eigenvalue weighted by molar-refractivity contribution is -0.112. The highest BCUT2D eigenvalue weighted by atomic mass is 19.1. The van der Waals surface area contributed by atoms with E-state index in [4.69, 9.17) is 9.47 Å². The van der Waals surface area contributed by atoms with E-state index in [2.05, 4.69) is 5.16 Å². The second-order valence-electron chi connectivity index (χ2n) is 8.54. The first-order valence-corrected chi connectivity index (χ1v) is 11.5. The van der Waals surface area contributed by atoms with Gasteiger partial charge in [-0.3, -0.25) is 9.59 Å². The Kier molecular flexibility index (Phi) is 6.39. The molecule has 1 N–H and O–H groups in total. The van der Waals surface area contributed by atoms with Crippen LogP contribution in [0.4, 0.5) is 10.1 Å². The van der Waals surface area contributed by atoms with Crippen molar-refractivity contribution in [2.75, 3.05) is 18.2 Å². The molecule has 5 rings (SSSR count). The number of hydrogen-bond acceptors (Lipinski definition) is 6. The molecule has 0 spiro atoms. The minimum absolute atomic E-state index is 0.0203. The lowest BCUT2D eigenvalue weighted by Gasteiger charge is -2.24. The predicted molar refractivity (Wildman–Crippen MR) is 129 cm³/mol. The molecule has 0 radical (unpaired) electrons. The lowest BCUT2D eigenvalue weighted by atomic mass is 10.1. The van der Waals surface area contributed by atoms with Crippen LogP contribution in [0.25, 0.3) is 0 Å². The fourth-order valence-corrected chi connectivity index (χ4v) is 4.55. The largest absolute Gasteiger partial charge is 0.467 e. The number of ether oxygens (including phenoxy) is 2. The summed E-state index contributed by atoms with van der Waals surface area (Å²) in [7, 11) is 0. The summed E-state index contributed by atoms with van der Waals surface area (Å²) in [5, 5.41) is 12.7. The first kappa shape index (κ1) is 23.5. The number of fused-ring (bicyclic) bond motifs is 2. The molecule has 0 bridgehead atoms. The number of rotatable bonds is 6. The second kappa shape index (κ2) is 9.79. The summed E-state index contributed by atoms with van der Waals surface area (Å²) in [6.45, 7) is 3.01.